The summed E-state index contributed by atoms with van der Waals surface area (Å²) in [5, 5.41) is 0. The van der Waals surface area contributed by atoms with Gasteiger partial charge in [-0.3, -0.25) is 0 Å². The number of pyridine rings is 1. The Morgan fingerprint density at radius 2 is 2.25 bits per heavy atom. The van der Waals surface area contributed by atoms with Crippen LogP contribution in [-0.4, -0.2) is 30.3 Å². The lowest BCUT2D eigenvalue weighted by Gasteiger charge is -2.43. The van der Waals surface area contributed by atoms with Gasteiger partial charge >= 0.3 is 0 Å². The Labute approximate surface area is 96.4 Å². The minimum absolute atomic E-state index is 0.00615. The number of ether oxygens (including phenoxy) is 1. The molecule has 0 spiro atoms. The quantitative estimate of drug-likeness (QED) is 0.782. The van der Waals surface area contributed by atoms with Gasteiger partial charge in [0.15, 0.2) is 0 Å². The van der Waals surface area contributed by atoms with E-state index in [1.54, 1.807) is 6.20 Å². The van der Waals surface area contributed by atoms with Gasteiger partial charge in [-0.1, -0.05) is 0 Å². The summed E-state index contributed by atoms with van der Waals surface area (Å²) in [5.74, 6) is 0.986. The fraction of sp³-hybridized carbons (Fsp3) is 0.583. The highest BCUT2D eigenvalue weighted by atomic mass is 16.5. The number of aryl methyl sites for hydroxylation is 1. The lowest BCUT2D eigenvalue weighted by Crippen LogP contribution is -2.53. The number of rotatable bonds is 1. The minimum atomic E-state index is -0.00615. The van der Waals surface area contributed by atoms with E-state index in [4.69, 9.17) is 10.5 Å². The predicted molar refractivity (Wildman–Crippen MR) is 65.6 cm³/mol. The maximum atomic E-state index is 5.78. The molecule has 0 saturated carbocycles. The van der Waals surface area contributed by atoms with E-state index in [9.17, 15) is 0 Å². The standard InChI is InChI=1S/C12H19N3O/c1-9-6-11(14-7-10(9)13)15-4-5-16-8-12(15,2)3/h6-7H,4-5,8,13H2,1-3H3. The number of nitrogen functional groups attached to an aromatic ring is 1. The van der Waals surface area contributed by atoms with Gasteiger partial charge in [-0.15, -0.1) is 0 Å². The third-order valence-electron chi connectivity index (χ3n) is 3.06. The molecule has 0 unspecified atom stereocenters. The normalized spacial score (nSPS) is 19.8. The van der Waals surface area contributed by atoms with Crippen molar-refractivity contribution in [2.75, 3.05) is 30.4 Å². The molecular weight excluding hydrogens is 202 g/mol. The van der Waals surface area contributed by atoms with E-state index in [1.807, 2.05) is 13.0 Å². The van der Waals surface area contributed by atoms with Crippen LogP contribution in [0.5, 0.6) is 0 Å². The Kier molecular flexibility index (Phi) is 2.76. The van der Waals surface area contributed by atoms with Crippen LogP contribution in [0.3, 0.4) is 0 Å². The second kappa shape index (κ2) is 3.94. The number of nitrogens with zero attached hydrogens (tertiary/aromatic N) is 2. The summed E-state index contributed by atoms with van der Waals surface area (Å²) in [4.78, 5) is 6.68. The van der Waals surface area contributed by atoms with Crippen molar-refractivity contribution in [2.24, 2.45) is 0 Å². The first kappa shape index (κ1) is 11.2. The van der Waals surface area contributed by atoms with Crippen LogP contribution < -0.4 is 10.6 Å². The maximum Gasteiger partial charge on any atom is 0.129 e. The second-order valence-corrected chi connectivity index (χ2v) is 4.92. The van der Waals surface area contributed by atoms with E-state index < -0.39 is 0 Å². The van der Waals surface area contributed by atoms with E-state index in [2.05, 4.69) is 23.7 Å². The van der Waals surface area contributed by atoms with Gasteiger partial charge in [0, 0.05) is 6.54 Å². The zero-order valence-electron chi connectivity index (χ0n) is 10.2. The summed E-state index contributed by atoms with van der Waals surface area (Å²) < 4.78 is 5.50. The monoisotopic (exact) mass is 221 g/mol. The molecule has 1 saturated heterocycles. The van der Waals surface area contributed by atoms with E-state index in [0.717, 1.165) is 36.8 Å². The molecule has 4 heteroatoms. The van der Waals surface area contributed by atoms with Crippen LogP contribution >= 0.6 is 0 Å². The number of hydrogen-bond acceptors (Lipinski definition) is 4. The average molecular weight is 221 g/mol. The highest BCUT2D eigenvalue weighted by molar-refractivity contribution is 5.53. The molecule has 1 aliphatic heterocycles. The molecule has 16 heavy (non-hydrogen) atoms. The van der Waals surface area contributed by atoms with E-state index in [0.29, 0.717) is 0 Å². The zero-order valence-corrected chi connectivity index (χ0v) is 10.2. The summed E-state index contributed by atoms with van der Waals surface area (Å²) in [6.07, 6.45) is 1.73. The van der Waals surface area contributed by atoms with E-state index >= 15 is 0 Å². The molecule has 0 atom stereocenters. The molecule has 0 aromatic carbocycles. The van der Waals surface area contributed by atoms with Crippen molar-refractivity contribution in [2.45, 2.75) is 26.3 Å². The van der Waals surface area contributed by atoms with E-state index in [1.165, 1.54) is 0 Å². The van der Waals surface area contributed by atoms with Gasteiger partial charge in [-0.2, -0.15) is 0 Å². The van der Waals surface area contributed by atoms with Crippen LogP contribution in [0.4, 0.5) is 11.5 Å². The molecule has 88 valence electrons. The van der Waals surface area contributed by atoms with Crippen molar-refractivity contribution in [3.63, 3.8) is 0 Å². The molecule has 4 nitrogen and oxygen atoms in total. The van der Waals surface area contributed by atoms with Gasteiger partial charge < -0.3 is 15.4 Å². The number of anilines is 2. The van der Waals surface area contributed by atoms with Crippen molar-refractivity contribution >= 4 is 11.5 Å². The van der Waals surface area contributed by atoms with Gasteiger partial charge in [0.05, 0.1) is 30.6 Å². The number of nitrogens with two attached hydrogens (primary N) is 1. The van der Waals surface area contributed by atoms with Crippen LogP contribution in [-0.2, 0) is 4.74 Å². The van der Waals surface area contributed by atoms with E-state index in [-0.39, 0.29) is 5.54 Å². The molecular formula is C12H19N3O. The third kappa shape index (κ3) is 1.97. The van der Waals surface area contributed by atoms with Crippen LogP contribution in [0.15, 0.2) is 12.3 Å². The summed E-state index contributed by atoms with van der Waals surface area (Å²) in [5.41, 5.74) is 7.60. The van der Waals surface area contributed by atoms with Crippen molar-refractivity contribution in [1.29, 1.82) is 0 Å². The summed E-state index contributed by atoms with van der Waals surface area (Å²) in [6.45, 7) is 8.71. The number of aromatic nitrogens is 1. The first-order chi connectivity index (χ1) is 7.50. The van der Waals surface area contributed by atoms with Gasteiger partial charge in [-0.05, 0) is 32.4 Å². The minimum Gasteiger partial charge on any atom is -0.397 e. The van der Waals surface area contributed by atoms with Gasteiger partial charge in [0.2, 0.25) is 0 Å². The molecule has 0 bridgehead atoms. The van der Waals surface area contributed by atoms with Crippen molar-refractivity contribution in [3.05, 3.63) is 17.8 Å². The Morgan fingerprint density at radius 3 is 2.88 bits per heavy atom. The molecule has 1 aromatic heterocycles. The van der Waals surface area contributed by atoms with Crippen LogP contribution in [0, 0.1) is 6.92 Å². The second-order valence-electron chi connectivity index (χ2n) is 4.92. The summed E-state index contributed by atoms with van der Waals surface area (Å²) in [6, 6.07) is 2.04. The first-order valence-corrected chi connectivity index (χ1v) is 5.58. The summed E-state index contributed by atoms with van der Waals surface area (Å²) >= 11 is 0. The molecule has 1 fully saturated rings. The molecule has 0 aliphatic carbocycles. The van der Waals surface area contributed by atoms with Gasteiger partial charge in [0.1, 0.15) is 5.82 Å². The molecule has 1 aliphatic rings. The topological polar surface area (TPSA) is 51.4 Å². The maximum absolute atomic E-state index is 5.78. The Bertz CT molecular complexity index is 390. The molecule has 0 amide bonds. The average Bonchev–Trinajstić information content (AvgIpc) is 2.22. The lowest BCUT2D eigenvalue weighted by molar-refractivity contribution is 0.0639. The summed E-state index contributed by atoms with van der Waals surface area (Å²) in [7, 11) is 0. The van der Waals surface area contributed by atoms with Crippen LogP contribution in [0.2, 0.25) is 0 Å². The highest BCUT2D eigenvalue weighted by Crippen LogP contribution is 2.26. The van der Waals surface area contributed by atoms with Gasteiger partial charge in [0.25, 0.3) is 0 Å². The predicted octanol–water partition coefficient (Wildman–Crippen LogP) is 1.59. The van der Waals surface area contributed by atoms with Gasteiger partial charge in [-0.25, -0.2) is 4.98 Å². The Balaban J connectivity index is 2.31. The third-order valence-corrected chi connectivity index (χ3v) is 3.06. The largest absolute Gasteiger partial charge is 0.397 e. The molecule has 2 N–H and O–H groups in total. The molecule has 2 rings (SSSR count). The van der Waals surface area contributed by atoms with Crippen molar-refractivity contribution < 1.29 is 4.74 Å². The van der Waals surface area contributed by atoms with Crippen molar-refractivity contribution in [1.82, 2.24) is 4.98 Å². The van der Waals surface area contributed by atoms with Crippen molar-refractivity contribution in [3.8, 4) is 0 Å². The molecule has 1 aromatic rings. The fourth-order valence-corrected chi connectivity index (χ4v) is 1.98. The smallest absolute Gasteiger partial charge is 0.129 e. The zero-order chi connectivity index (χ0) is 11.8. The number of hydrogen-bond donors (Lipinski definition) is 1. The fourth-order valence-electron chi connectivity index (χ4n) is 1.98. The highest BCUT2D eigenvalue weighted by Gasteiger charge is 2.31. The van der Waals surface area contributed by atoms with Crippen LogP contribution in [0.25, 0.3) is 0 Å². The SMILES string of the molecule is Cc1cc(N2CCOCC2(C)C)ncc1N. The lowest BCUT2D eigenvalue weighted by atomic mass is 10.0. The van der Waals surface area contributed by atoms with Crippen LogP contribution in [0.1, 0.15) is 19.4 Å². The Hall–Kier alpha value is -1.29. The first-order valence-electron chi connectivity index (χ1n) is 5.58. The number of morpholine rings is 1. The Morgan fingerprint density at radius 1 is 1.50 bits per heavy atom. The molecule has 0 radical (unpaired) electrons. The molecule has 2 heterocycles.